The van der Waals surface area contributed by atoms with Crippen LogP contribution in [-0.2, 0) is 0 Å². The molecule has 21 heavy (non-hydrogen) atoms. The molecule has 0 bridgehead atoms. The average Bonchev–Trinajstić information content (AvgIpc) is 2.83. The summed E-state index contributed by atoms with van der Waals surface area (Å²) in [4.78, 5) is 4.27. The summed E-state index contributed by atoms with van der Waals surface area (Å²) in [5, 5.41) is 7.40. The quantitative estimate of drug-likeness (QED) is 0.911. The molecule has 1 saturated carbocycles. The molecule has 0 unspecified atom stereocenters. The second-order valence-corrected chi connectivity index (χ2v) is 5.79. The topological polar surface area (TPSA) is 51.0 Å². The fourth-order valence-electron chi connectivity index (χ4n) is 2.78. The molecule has 1 N–H and O–H groups in total. The summed E-state index contributed by atoms with van der Waals surface area (Å²) in [7, 11) is 0. The molecule has 0 radical (unpaired) electrons. The van der Waals surface area contributed by atoms with E-state index in [1.165, 1.54) is 31.4 Å². The zero-order valence-corrected chi connectivity index (χ0v) is 12.3. The van der Waals surface area contributed by atoms with Crippen molar-refractivity contribution in [2.45, 2.75) is 45.2 Å². The molecule has 0 aliphatic heterocycles. The minimum atomic E-state index is -0.202. The van der Waals surface area contributed by atoms with Gasteiger partial charge in [-0.2, -0.15) is 4.98 Å². The Morgan fingerprint density at radius 2 is 2.00 bits per heavy atom. The Bertz CT molecular complexity index is 592. The van der Waals surface area contributed by atoms with Gasteiger partial charge >= 0.3 is 0 Å². The second-order valence-electron chi connectivity index (χ2n) is 5.79. The number of hydrogen-bond acceptors (Lipinski definition) is 4. The normalized spacial score (nSPS) is 18.2. The summed E-state index contributed by atoms with van der Waals surface area (Å²) in [6.45, 7) is 3.82. The minimum Gasteiger partial charge on any atom is -0.338 e. The van der Waals surface area contributed by atoms with Gasteiger partial charge in [-0.05, 0) is 50.3 Å². The van der Waals surface area contributed by atoms with Crippen molar-refractivity contribution in [1.29, 1.82) is 0 Å². The number of rotatable bonds is 5. The van der Waals surface area contributed by atoms with Crippen LogP contribution in [0, 0.1) is 18.7 Å². The Hall–Kier alpha value is -1.75. The molecule has 112 valence electrons. The van der Waals surface area contributed by atoms with E-state index >= 15 is 0 Å². The van der Waals surface area contributed by atoms with Crippen LogP contribution < -0.4 is 5.32 Å². The molecule has 1 heterocycles. The molecule has 0 saturated heterocycles. The van der Waals surface area contributed by atoms with Crippen LogP contribution in [0.1, 0.15) is 55.5 Å². The summed E-state index contributed by atoms with van der Waals surface area (Å²) < 4.78 is 18.4. The standard InChI is InChI=1S/C16H20FN3O/c1-10(16-19-11(2)20-21-16)18-15(12-4-3-5-12)13-6-8-14(17)9-7-13/h6-10,12,15,18H,3-5H2,1-2H3/t10-,15+/m1/s1. The van der Waals surface area contributed by atoms with E-state index in [-0.39, 0.29) is 17.9 Å². The molecule has 0 spiro atoms. The zero-order valence-electron chi connectivity index (χ0n) is 12.3. The first-order valence-corrected chi connectivity index (χ1v) is 7.45. The SMILES string of the molecule is Cc1noc([C@@H](C)N[C@H](c2ccc(F)cc2)C2CCC2)n1. The smallest absolute Gasteiger partial charge is 0.243 e. The largest absolute Gasteiger partial charge is 0.338 e. The molecule has 4 nitrogen and oxygen atoms in total. The maximum atomic E-state index is 13.1. The van der Waals surface area contributed by atoms with Crippen molar-refractivity contribution in [2.75, 3.05) is 0 Å². The van der Waals surface area contributed by atoms with Crippen LogP contribution in [0.3, 0.4) is 0 Å². The molecular weight excluding hydrogens is 269 g/mol. The summed E-state index contributed by atoms with van der Waals surface area (Å²) in [5.41, 5.74) is 1.11. The predicted octanol–water partition coefficient (Wildman–Crippen LogP) is 3.71. The van der Waals surface area contributed by atoms with E-state index in [2.05, 4.69) is 15.5 Å². The Labute approximate surface area is 123 Å². The van der Waals surface area contributed by atoms with Crippen LogP contribution in [0.25, 0.3) is 0 Å². The molecule has 0 amide bonds. The van der Waals surface area contributed by atoms with E-state index in [1.54, 1.807) is 0 Å². The number of nitrogens with one attached hydrogen (secondary N) is 1. The van der Waals surface area contributed by atoms with E-state index in [0.29, 0.717) is 17.6 Å². The maximum Gasteiger partial charge on any atom is 0.243 e. The Morgan fingerprint density at radius 3 is 2.52 bits per heavy atom. The summed E-state index contributed by atoms with van der Waals surface area (Å²) >= 11 is 0. The highest BCUT2D eigenvalue weighted by Crippen LogP contribution is 2.38. The fraction of sp³-hybridized carbons (Fsp3) is 0.500. The fourth-order valence-corrected chi connectivity index (χ4v) is 2.78. The van der Waals surface area contributed by atoms with E-state index in [1.807, 2.05) is 26.0 Å². The molecule has 1 aliphatic rings. The first-order chi connectivity index (χ1) is 10.1. The number of hydrogen-bond donors (Lipinski definition) is 1. The predicted molar refractivity (Wildman–Crippen MR) is 77.1 cm³/mol. The lowest BCUT2D eigenvalue weighted by molar-refractivity contribution is 0.207. The zero-order chi connectivity index (χ0) is 14.8. The first kappa shape index (κ1) is 14.2. The van der Waals surface area contributed by atoms with E-state index in [9.17, 15) is 4.39 Å². The first-order valence-electron chi connectivity index (χ1n) is 7.45. The lowest BCUT2D eigenvalue weighted by Gasteiger charge is -2.36. The molecule has 2 atom stereocenters. The second kappa shape index (κ2) is 5.93. The molecule has 1 aromatic carbocycles. The van der Waals surface area contributed by atoms with Gasteiger partial charge in [-0.15, -0.1) is 0 Å². The Morgan fingerprint density at radius 1 is 1.29 bits per heavy atom. The van der Waals surface area contributed by atoms with Gasteiger partial charge in [-0.25, -0.2) is 4.39 Å². The maximum absolute atomic E-state index is 13.1. The van der Waals surface area contributed by atoms with E-state index in [4.69, 9.17) is 4.52 Å². The van der Waals surface area contributed by atoms with Gasteiger partial charge in [0.15, 0.2) is 5.82 Å². The number of aromatic nitrogens is 2. The van der Waals surface area contributed by atoms with Gasteiger partial charge in [0.1, 0.15) is 5.82 Å². The van der Waals surface area contributed by atoms with Crippen LogP contribution in [0.5, 0.6) is 0 Å². The number of halogens is 1. The Balaban J connectivity index is 1.77. The van der Waals surface area contributed by atoms with Crippen molar-refractivity contribution in [3.05, 3.63) is 47.4 Å². The molecule has 5 heteroatoms. The monoisotopic (exact) mass is 289 g/mol. The molecule has 2 aromatic rings. The van der Waals surface area contributed by atoms with Crippen molar-refractivity contribution in [3.63, 3.8) is 0 Å². The van der Waals surface area contributed by atoms with Crippen molar-refractivity contribution >= 4 is 0 Å². The van der Waals surface area contributed by atoms with Crippen LogP contribution >= 0.6 is 0 Å². The van der Waals surface area contributed by atoms with Crippen LogP contribution in [0.2, 0.25) is 0 Å². The van der Waals surface area contributed by atoms with Gasteiger partial charge in [-0.1, -0.05) is 23.7 Å². The van der Waals surface area contributed by atoms with Crippen molar-refractivity contribution in [3.8, 4) is 0 Å². The van der Waals surface area contributed by atoms with Gasteiger partial charge in [0.25, 0.3) is 0 Å². The van der Waals surface area contributed by atoms with Gasteiger partial charge in [0.2, 0.25) is 5.89 Å². The molecule has 1 aliphatic carbocycles. The number of aryl methyl sites for hydroxylation is 1. The van der Waals surface area contributed by atoms with Crippen molar-refractivity contribution in [1.82, 2.24) is 15.5 Å². The van der Waals surface area contributed by atoms with E-state index in [0.717, 1.165) is 5.56 Å². The highest BCUT2D eigenvalue weighted by Gasteiger charge is 2.30. The number of benzene rings is 1. The number of nitrogens with zero attached hydrogens (tertiary/aromatic N) is 2. The molecule has 1 fully saturated rings. The summed E-state index contributed by atoms with van der Waals surface area (Å²) in [6, 6.07) is 6.92. The van der Waals surface area contributed by atoms with Crippen molar-refractivity contribution < 1.29 is 8.91 Å². The van der Waals surface area contributed by atoms with Gasteiger partial charge in [0, 0.05) is 6.04 Å². The average molecular weight is 289 g/mol. The van der Waals surface area contributed by atoms with Gasteiger partial charge in [0.05, 0.1) is 6.04 Å². The Kier molecular flexibility index (Phi) is 4.01. The molecular formula is C16H20FN3O. The minimum absolute atomic E-state index is 0.0261. The lowest BCUT2D eigenvalue weighted by atomic mass is 9.77. The van der Waals surface area contributed by atoms with Crippen LogP contribution in [-0.4, -0.2) is 10.1 Å². The van der Waals surface area contributed by atoms with Gasteiger partial charge in [-0.3, -0.25) is 5.32 Å². The third-order valence-corrected chi connectivity index (χ3v) is 4.19. The van der Waals surface area contributed by atoms with Crippen LogP contribution in [0.15, 0.2) is 28.8 Å². The molecule has 3 rings (SSSR count). The summed E-state index contributed by atoms with van der Waals surface area (Å²) in [5.74, 6) is 1.62. The van der Waals surface area contributed by atoms with Crippen molar-refractivity contribution in [2.24, 2.45) is 5.92 Å². The highest BCUT2D eigenvalue weighted by atomic mass is 19.1. The van der Waals surface area contributed by atoms with Gasteiger partial charge < -0.3 is 4.52 Å². The third kappa shape index (κ3) is 3.13. The van der Waals surface area contributed by atoms with Crippen LogP contribution in [0.4, 0.5) is 4.39 Å². The summed E-state index contributed by atoms with van der Waals surface area (Å²) in [6.07, 6.45) is 3.66. The third-order valence-electron chi connectivity index (χ3n) is 4.19. The highest BCUT2D eigenvalue weighted by molar-refractivity contribution is 5.21. The lowest BCUT2D eigenvalue weighted by Crippen LogP contribution is -2.34. The molecule has 1 aromatic heterocycles. The van der Waals surface area contributed by atoms with E-state index < -0.39 is 0 Å².